The number of rotatable bonds is 5. The zero-order valence-corrected chi connectivity index (χ0v) is 8.38. The number of ketones is 1. The van der Waals surface area contributed by atoms with Crippen LogP contribution in [0.4, 0.5) is 0 Å². The fourth-order valence-corrected chi connectivity index (χ4v) is 0.711. The van der Waals surface area contributed by atoms with Crippen molar-refractivity contribution in [1.29, 1.82) is 0 Å². The maximum atomic E-state index is 10.6. The summed E-state index contributed by atoms with van der Waals surface area (Å²) in [5.41, 5.74) is 0. The maximum Gasteiger partial charge on any atom is 0.132 e. The van der Waals surface area contributed by atoms with Gasteiger partial charge in [0.25, 0.3) is 0 Å². The Labute approximate surface area is 83.3 Å². The summed E-state index contributed by atoms with van der Waals surface area (Å²) in [6, 6.07) is 0. The van der Waals surface area contributed by atoms with E-state index in [0.717, 1.165) is 19.1 Å². The molecule has 0 aromatic carbocycles. The van der Waals surface area contributed by atoms with E-state index in [1.165, 1.54) is 0 Å². The van der Waals surface area contributed by atoms with Gasteiger partial charge >= 0.3 is 0 Å². The third-order valence-electron chi connectivity index (χ3n) is 1.65. The monoisotopic (exact) mass is 249 g/mol. The van der Waals surface area contributed by atoms with Crippen LogP contribution in [0.2, 0.25) is 0 Å². The summed E-state index contributed by atoms with van der Waals surface area (Å²) in [6.07, 6.45) is 3.16. The van der Waals surface area contributed by atoms with Gasteiger partial charge in [0, 0.05) is 34.7 Å². The van der Waals surface area contributed by atoms with E-state index in [1.54, 1.807) is 6.92 Å². The van der Waals surface area contributed by atoms with Crippen LogP contribution in [0.5, 0.6) is 0 Å². The Kier molecular flexibility index (Phi) is 10.2. The molecule has 0 aromatic heterocycles. The van der Waals surface area contributed by atoms with Crippen LogP contribution in [0, 0.1) is 5.92 Å². The summed E-state index contributed by atoms with van der Waals surface area (Å²) in [5, 5.41) is 0. The SMILES string of the molecule is CC(=O)C(C)CCCC=O.[Ag]. The number of unbranched alkanes of at least 4 members (excludes halogenated alkanes) is 1. The first-order valence-electron chi connectivity index (χ1n) is 3.62. The Hall–Kier alpha value is 0.0803. The van der Waals surface area contributed by atoms with Crippen LogP contribution in [-0.2, 0) is 32.0 Å². The van der Waals surface area contributed by atoms with Crippen molar-refractivity contribution in [3.8, 4) is 0 Å². The summed E-state index contributed by atoms with van der Waals surface area (Å²) in [6.45, 7) is 3.48. The molecule has 1 unspecified atom stereocenters. The Morgan fingerprint density at radius 3 is 2.45 bits per heavy atom. The van der Waals surface area contributed by atoms with Crippen LogP contribution < -0.4 is 0 Å². The average Bonchev–Trinajstić information content (AvgIpc) is 1.88. The smallest absolute Gasteiger partial charge is 0.132 e. The van der Waals surface area contributed by atoms with Gasteiger partial charge in [-0.3, -0.25) is 4.79 Å². The van der Waals surface area contributed by atoms with Crippen molar-refractivity contribution >= 4 is 12.1 Å². The first kappa shape index (κ1) is 13.7. The van der Waals surface area contributed by atoms with E-state index in [1.807, 2.05) is 6.92 Å². The summed E-state index contributed by atoms with van der Waals surface area (Å²) in [7, 11) is 0. The molecule has 0 aliphatic rings. The van der Waals surface area contributed by atoms with Crippen molar-refractivity contribution in [1.82, 2.24) is 0 Å². The van der Waals surface area contributed by atoms with E-state index in [-0.39, 0.29) is 34.1 Å². The largest absolute Gasteiger partial charge is 0.303 e. The second kappa shape index (κ2) is 8.18. The molecule has 0 saturated carbocycles. The Morgan fingerprint density at radius 2 is 2.09 bits per heavy atom. The minimum atomic E-state index is 0. The topological polar surface area (TPSA) is 34.1 Å². The zero-order chi connectivity index (χ0) is 7.98. The molecule has 0 rings (SSSR count). The van der Waals surface area contributed by atoms with E-state index in [0.29, 0.717) is 6.42 Å². The van der Waals surface area contributed by atoms with Gasteiger partial charge in [0.2, 0.25) is 0 Å². The van der Waals surface area contributed by atoms with Gasteiger partial charge in [-0.25, -0.2) is 0 Å². The molecule has 2 nitrogen and oxygen atoms in total. The molecule has 0 N–H and O–H groups in total. The van der Waals surface area contributed by atoms with Gasteiger partial charge in [-0.2, -0.15) is 0 Å². The van der Waals surface area contributed by atoms with Crippen molar-refractivity contribution in [3.63, 3.8) is 0 Å². The number of hydrogen-bond donors (Lipinski definition) is 0. The van der Waals surface area contributed by atoms with Gasteiger partial charge < -0.3 is 4.79 Å². The number of carbonyl (C=O) groups excluding carboxylic acids is 2. The second-order valence-corrected chi connectivity index (χ2v) is 2.61. The fraction of sp³-hybridized carbons (Fsp3) is 0.750. The normalized spacial score (nSPS) is 11.5. The van der Waals surface area contributed by atoms with Gasteiger partial charge in [0.15, 0.2) is 0 Å². The molecule has 0 bridgehead atoms. The molecule has 0 amide bonds. The van der Waals surface area contributed by atoms with Crippen molar-refractivity contribution in [2.75, 3.05) is 0 Å². The zero-order valence-electron chi connectivity index (χ0n) is 6.89. The van der Waals surface area contributed by atoms with Crippen LogP contribution in [0.3, 0.4) is 0 Å². The third-order valence-corrected chi connectivity index (χ3v) is 1.65. The molecule has 0 aliphatic heterocycles. The summed E-state index contributed by atoms with van der Waals surface area (Å²) < 4.78 is 0. The molecule has 0 fully saturated rings. The van der Waals surface area contributed by atoms with E-state index < -0.39 is 0 Å². The fourth-order valence-electron chi connectivity index (χ4n) is 0.711. The van der Waals surface area contributed by atoms with Gasteiger partial charge in [-0.05, 0) is 19.8 Å². The van der Waals surface area contributed by atoms with Gasteiger partial charge in [0.1, 0.15) is 12.1 Å². The summed E-state index contributed by atoms with van der Waals surface area (Å²) in [4.78, 5) is 20.5. The molecular formula is C8H14AgO2. The van der Waals surface area contributed by atoms with Crippen molar-refractivity contribution in [2.24, 2.45) is 5.92 Å². The predicted octanol–water partition coefficient (Wildman–Crippen LogP) is 1.58. The Bertz CT molecular complexity index is 123. The maximum absolute atomic E-state index is 10.6. The molecule has 0 saturated heterocycles. The number of Topliss-reactive ketones (excluding diaryl/α,β-unsaturated/α-hetero) is 1. The van der Waals surface area contributed by atoms with E-state index in [2.05, 4.69) is 0 Å². The van der Waals surface area contributed by atoms with Crippen LogP contribution in [0.15, 0.2) is 0 Å². The molecule has 0 spiro atoms. The predicted molar refractivity (Wildman–Crippen MR) is 39.8 cm³/mol. The average molecular weight is 250 g/mol. The van der Waals surface area contributed by atoms with E-state index in [4.69, 9.17) is 0 Å². The Morgan fingerprint density at radius 1 is 1.55 bits per heavy atom. The minimum Gasteiger partial charge on any atom is -0.303 e. The quantitative estimate of drug-likeness (QED) is 0.421. The number of aldehydes is 1. The molecule has 3 heteroatoms. The van der Waals surface area contributed by atoms with Crippen molar-refractivity contribution in [3.05, 3.63) is 0 Å². The van der Waals surface area contributed by atoms with Crippen LogP contribution >= 0.6 is 0 Å². The number of carbonyl (C=O) groups is 2. The van der Waals surface area contributed by atoms with Crippen LogP contribution in [0.25, 0.3) is 0 Å². The summed E-state index contributed by atoms with van der Waals surface area (Å²) >= 11 is 0. The molecule has 69 valence electrons. The molecule has 0 heterocycles. The molecule has 0 aliphatic carbocycles. The van der Waals surface area contributed by atoms with Gasteiger partial charge in [-0.1, -0.05) is 6.92 Å². The van der Waals surface area contributed by atoms with Crippen LogP contribution in [-0.4, -0.2) is 12.1 Å². The van der Waals surface area contributed by atoms with Gasteiger partial charge in [0.05, 0.1) is 0 Å². The Balaban J connectivity index is 0. The standard InChI is InChI=1S/C8H14O2.Ag/c1-7(8(2)10)5-3-4-6-9;/h6-7H,3-5H2,1-2H3;. The molecule has 0 aromatic rings. The molecular weight excluding hydrogens is 236 g/mol. The van der Waals surface area contributed by atoms with Crippen molar-refractivity contribution < 1.29 is 32.0 Å². The van der Waals surface area contributed by atoms with Crippen molar-refractivity contribution in [2.45, 2.75) is 33.1 Å². The van der Waals surface area contributed by atoms with Gasteiger partial charge in [-0.15, -0.1) is 0 Å². The second-order valence-electron chi connectivity index (χ2n) is 2.61. The molecule has 11 heavy (non-hydrogen) atoms. The van der Waals surface area contributed by atoms with Crippen LogP contribution in [0.1, 0.15) is 33.1 Å². The number of hydrogen-bond acceptors (Lipinski definition) is 2. The van der Waals surface area contributed by atoms with E-state index in [9.17, 15) is 9.59 Å². The molecule has 1 atom stereocenters. The first-order chi connectivity index (χ1) is 4.68. The third kappa shape index (κ3) is 7.98. The first-order valence-corrected chi connectivity index (χ1v) is 3.62. The van der Waals surface area contributed by atoms with E-state index >= 15 is 0 Å². The summed E-state index contributed by atoms with van der Waals surface area (Å²) in [5.74, 6) is 0.339. The molecule has 1 radical (unpaired) electrons. The minimum absolute atomic E-state index is 0.